The van der Waals surface area contributed by atoms with Crippen LogP contribution in [0.5, 0.6) is 0 Å². The molecule has 1 amide bonds. The number of hydrogen-bond donors (Lipinski definition) is 2. The topological polar surface area (TPSA) is 101 Å². The van der Waals surface area contributed by atoms with Gasteiger partial charge in [0, 0.05) is 17.6 Å². The molecule has 1 heterocycles. The summed E-state index contributed by atoms with van der Waals surface area (Å²) >= 11 is 4.08. The van der Waals surface area contributed by atoms with Crippen molar-refractivity contribution in [2.45, 2.75) is 26.8 Å². The van der Waals surface area contributed by atoms with Crippen molar-refractivity contribution in [1.29, 1.82) is 0 Å². The van der Waals surface area contributed by atoms with Gasteiger partial charge in [0.2, 0.25) is 11.0 Å². The molecule has 1 aromatic heterocycles. The Balaban J connectivity index is 1.72. The average Bonchev–Trinajstić information content (AvgIpc) is 3.13. The maximum atomic E-state index is 12.7. The summed E-state index contributed by atoms with van der Waals surface area (Å²) in [6, 6.07) is 14.5. The molecule has 0 spiro atoms. The van der Waals surface area contributed by atoms with Crippen molar-refractivity contribution in [3.63, 3.8) is 0 Å². The molecule has 2 aromatic carbocycles. The molecule has 3 aromatic rings. The molecule has 2 N–H and O–H groups in total. The minimum atomic E-state index is -3.86. The van der Waals surface area contributed by atoms with Gasteiger partial charge in [-0.3, -0.25) is 9.52 Å². The average molecular weight is 467 g/mol. The molecule has 3 rings (SSSR count). The van der Waals surface area contributed by atoms with Crippen molar-refractivity contribution >= 4 is 61.6 Å². The van der Waals surface area contributed by atoms with E-state index in [9.17, 15) is 13.2 Å². The zero-order chi connectivity index (χ0) is 20.9. The van der Waals surface area contributed by atoms with Gasteiger partial charge in [-0.1, -0.05) is 53.4 Å². The van der Waals surface area contributed by atoms with Crippen molar-refractivity contribution in [1.82, 2.24) is 10.2 Å². The Morgan fingerprint density at radius 1 is 1.14 bits per heavy atom. The molecule has 11 heteroatoms. The van der Waals surface area contributed by atoms with Crippen molar-refractivity contribution in [3.05, 3.63) is 54.1 Å². The number of benzene rings is 2. The summed E-state index contributed by atoms with van der Waals surface area (Å²) in [7, 11) is -3.86. The molecule has 0 radical (unpaired) electrons. The third-order valence-corrected chi connectivity index (χ3v) is 7.93. The first-order valence-electron chi connectivity index (χ1n) is 8.36. The molecule has 0 atom stereocenters. The van der Waals surface area contributed by atoms with Gasteiger partial charge >= 0.3 is 0 Å². The molecule has 0 aliphatic rings. The number of rotatable bonds is 8. The molecule has 0 saturated carbocycles. The van der Waals surface area contributed by atoms with Crippen LogP contribution in [-0.4, -0.2) is 30.8 Å². The van der Waals surface area contributed by atoms with Gasteiger partial charge in [-0.15, -0.1) is 22.0 Å². The van der Waals surface area contributed by atoms with Crippen molar-refractivity contribution < 1.29 is 13.2 Å². The molecular formula is C18H18N4O3S4. The second kappa shape index (κ2) is 9.61. The number of sulfonamides is 1. The molecule has 0 aliphatic carbocycles. The maximum absolute atomic E-state index is 12.7. The number of nitrogens with one attached hydrogen (secondary N) is 2. The number of amides is 1. The summed E-state index contributed by atoms with van der Waals surface area (Å²) in [6.45, 7) is 1.37. The Bertz CT molecular complexity index is 1100. The van der Waals surface area contributed by atoms with Gasteiger partial charge < -0.3 is 5.32 Å². The minimum absolute atomic E-state index is 0.0349. The second-order valence-electron chi connectivity index (χ2n) is 5.80. The van der Waals surface area contributed by atoms with Crippen LogP contribution in [0, 0.1) is 0 Å². The number of aromatic nitrogens is 2. The van der Waals surface area contributed by atoms with Crippen LogP contribution in [-0.2, 0) is 20.6 Å². The fourth-order valence-corrected chi connectivity index (χ4v) is 5.84. The molecule has 0 fully saturated rings. The van der Waals surface area contributed by atoms with E-state index in [0.717, 1.165) is 16.2 Å². The Labute approximate surface area is 181 Å². The van der Waals surface area contributed by atoms with E-state index in [-0.39, 0.29) is 15.9 Å². The lowest BCUT2D eigenvalue weighted by Crippen LogP contribution is -2.14. The molecule has 7 nitrogen and oxygen atoms in total. The highest BCUT2D eigenvalue weighted by molar-refractivity contribution is 8.00. The van der Waals surface area contributed by atoms with Crippen LogP contribution >= 0.6 is 34.9 Å². The largest absolute Gasteiger partial charge is 0.325 e. The summed E-state index contributed by atoms with van der Waals surface area (Å²) in [4.78, 5) is 12.2. The van der Waals surface area contributed by atoms with E-state index < -0.39 is 10.0 Å². The van der Waals surface area contributed by atoms with Gasteiger partial charge in [-0.2, -0.15) is 0 Å². The molecule has 29 heavy (non-hydrogen) atoms. The summed E-state index contributed by atoms with van der Waals surface area (Å²) < 4.78 is 28.6. The SMILES string of the molecule is CSc1ccc(S(=O)(=O)Nc2nnc(SCc3ccccc3)s2)cc1NC(C)=O. The highest BCUT2D eigenvalue weighted by Crippen LogP contribution is 2.31. The first-order chi connectivity index (χ1) is 13.9. The fraction of sp³-hybridized carbons (Fsp3) is 0.167. The van der Waals surface area contributed by atoms with Gasteiger partial charge in [0.25, 0.3) is 10.0 Å². The van der Waals surface area contributed by atoms with Crippen molar-refractivity contribution in [2.75, 3.05) is 16.3 Å². The quantitative estimate of drug-likeness (QED) is 0.477. The third-order valence-electron chi connectivity index (χ3n) is 3.63. The summed E-state index contributed by atoms with van der Waals surface area (Å²) in [5.41, 5.74) is 1.60. The number of anilines is 2. The zero-order valence-corrected chi connectivity index (χ0v) is 18.8. The standard InChI is InChI=1S/C18H18N4O3S4/c1-12(23)19-15-10-14(8-9-16(15)26-2)29(24,25)22-17-20-21-18(28-17)27-11-13-6-4-3-5-7-13/h3-10H,11H2,1-2H3,(H,19,23)(H,20,22). The number of carbonyl (C=O) groups excluding carboxylic acids is 1. The lowest BCUT2D eigenvalue weighted by Gasteiger charge is -2.11. The van der Waals surface area contributed by atoms with E-state index in [1.807, 2.05) is 36.6 Å². The fourth-order valence-electron chi connectivity index (χ4n) is 2.34. The minimum Gasteiger partial charge on any atom is -0.325 e. The van der Waals surface area contributed by atoms with Gasteiger partial charge in [0.15, 0.2) is 4.34 Å². The van der Waals surface area contributed by atoms with Crippen LogP contribution < -0.4 is 10.0 Å². The smallest absolute Gasteiger partial charge is 0.263 e. The highest BCUT2D eigenvalue weighted by Gasteiger charge is 2.19. The van der Waals surface area contributed by atoms with Gasteiger partial charge in [-0.25, -0.2) is 8.42 Å². The van der Waals surface area contributed by atoms with Crippen LogP contribution in [0.3, 0.4) is 0 Å². The van der Waals surface area contributed by atoms with Crippen molar-refractivity contribution in [3.8, 4) is 0 Å². The Morgan fingerprint density at radius 2 is 1.90 bits per heavy atom. The Kier molecular flexibility index (Phi) is 7.17. The molecule has 0 aliphatic heterocycles. The van der Waals surface area contributed by atoms with Crippen LogP contribution in [0.2, 0.25) is 0 Å². The number of thioether (sulfide) groups is 2. The number of nitrogens with zero attached hydrogens (tertiary/aromatic N) is 2. The van der Waals surface area contributed by atoms with Gasteiger partial charge in [0.1, 0.15) is 0 Å². The predicted octanol–water partition coefficient (Wildman–Crippen LogP) is 4.31. The van der Waals surface area contributed by atoms with Gasteiger partial charge in [-0.05, 0) is 30.0 Å². The molecule has 0 bridgehead atoms. The molecule has 0 unspecified atom stereocenters. The van der Waals surface area contributed by atoms with E-state index in [0.29, 0.717) is 10.0 Å². The van der Waals surface area contributed by atoms with E-state index in [1.54, 1.807) is 6.07 Å². The van der Waals surface area contributed by atoms with Crippen LogP contribution in [0.15, 0.2) is 62.7 Å². The summed E-state index contributed by atoms with van der Waals surface area (Å²) in [6.07, 6.45) is 1.85. The number of hydrogen-bond acceptors (Lipinski definition) is 8. The molecule has 0 saturated heterocycles. The Morgan fingerprint density at radius 3 is 2.59 bits per heavy atom. The molecular weight excluding hydrogens is 448 g/mol. The van der Waals surface area contributed by atoms with Crippen LogP contribution in [0.1, 0.15) is 12.5 Å². The van der Waals surface area contributed by atoms with Crippen molar-refractivity contribution in [2.24, 2.45) is 0 Å². The second-order valence-corrected chi connectivity index (χ2v) is 10.5. The summed E-state index contributed by atoms with van der Waals surface area (Å²) in [5.74, 6) is 0.449. The number of carbonyl (C=O) groups is 1. The normalized spacial score (nSPS) is 11.2. The Hall–Kier alpha value is -2.08. The third kappa shape index (κ3) is 5.95. The van der Waals surface area contributed by atoms with Crippen LogP contribution in [0.4, 0.5) is 10.8 Å². The first kappa shape index (κ1) is 21.6. The van der Waals surface area contributed by atoms with Crippen LogP contribution in [0.25, 0.3) is 0 Å². The molecule has 152 valence electrons. The summed E-state index contributed by atoms with van der Waals surface area (Å²) in [5, 5.41) is 10.8. The lowest BCUT2D eigenvalue weighted by molar-refractivity contribution is -0.114. The van der Waals surface area contributed by atoms with E-state index >= 15 is 0 Å². The lowest BCUT2D eigenvalue weighted by atomic mass is 10.2. The maximum Gasteiger partial charge on any atom is 0.263 e. The first-order valence-corrected chi connectivity index (χ1v) is 12.9. The predicted molar refractivity (Wildman–Crippen MR) is 119 cm³/mol. The van der Waals surface area contributed by atoms with E-state index in [2.05, 4.69) is 20.2 Å². The van der Waals surface area contributed by atoms with E-state index in [1.165, 1.54) is 53.9 Å². The van der Waals surface area contributed by atoms with E-state index in [4.69, 9.17) is 0 Å². The monoisotopic (exact) mass is 466 g/mol. The zero-order valence-electron chi connectivity index (χ0n) is 15.6. The van der Waals surface area contributed by atoms with Gasteiger partial charge in [0.05, 0.1) is 10.6 Å². The highest BCUT2D eigenvalue weighted by atomic mass is 32.2.